The number of hydrogen-bond donors (Lipinski definition) is 1. The number of nitrogens with one attached hydrogen (secondary N) is 1. The summed E-state index contributed by atoms with van der Waals surface area (Å²) in [5.74, 6) is 0.744. The van der Waals surface area contributed by atoms with Crippen LogP contribution in [0.25, 0.3) is 0 Å². The molecule has 0 aliphatic heterocycles. The van der Waals surface area contributed by atoms with Gasteiger partial charge in [0, 0.05) is 19.2 Å². The highest BCUT2D eigenvalue weighted by molar-refractivity contribution is 5.48. The Kier molecular flexibility index (Phi) is 6.97. The van der Waals surface area contributed by atoms with E-state index < -0.39 is 4.92 Å². The van der Waals surface area contributed by atoms with Crippen LogP contribution in [0, 0.1) is 16.0 Å². The molecular formula is C14H22N2O4. The maximum Gasteiger partial charge on any atom is 0.311 e. The van der Waals surface area contributed by atoms with Crippen molar-refractivity contribution in [3.63, 3.8) is 0 Å². The van der Waals surface area contributed by atoms with Crippen LogP contribution in [0.3, 0.4) is 0 Å². The molecule has 20 heavy (non-hydrogen) atoms. The third-order valence-electron chi connectivity index (χ3n) is 2.54. The summed E-state index contributed by atoms with van der Waals surface area (Å²) in [5, 5.41) is 14.0. The van der Waals surface area contributed by atoms with Gasteiger partial charge in [-0.15, -0.1) is 0 Å². The van der Waals surface area contributed by atoms with Crippen LogP contribution in [0.1, 0.15) is 19.4 Å². The summed E-state index contributed by atoms with van der Waals surface area (Å²) in [6.07, 6.45) is 0. The minimum Gasteiger partial charge on any atom is -0.484 e. The number of benzene rings is 1. The van der Waals surface area contributed by atoms with Crippen molar-refractivity contribution < 1.29 is 14.4 Å². The number of nitrogens with zero attached hydrogens (tertiary/aromatic N) is 1. The summed E-state index contributed by atoms with van der Waals surface area (Å²) >= 11 is 0. The molecule has 0 amide bonds. The van der Waals surface area contributed by atoms with Crippen molar-refractivity contribution in [3.05, 3.63) is 33.9 Å². The van der Waals surface area contributed by atoms with Gasteiger partial charge in [-0.3, -0.25) is 10.1 Å². The summed E-state index contributed by atoms with van der Waals surface area (Å²) in [5.41, 5.74) is 0.837. The molecule has 6 heteroatoms. The summed E-state index contributed by atoms with van der Waals surface area (Å²) in [7, 11) is 1.79. The van der Waals surface area contributed by atoms with E-state index in [4.69, 9.17) is 9.47 Å². The van der Waals surface area contributed by atoms with Gasteiger partial charge >= 0.3 is 5.69 Å². The standard InChI is InChI=1S/C14H22N2O4/c1-11(2)10-19-6-7-20-14-5-4-12(9-15-3)8-13(14)16(17)18/h4-5,8,11,15H,6-7,9-10H2,1-3H3. The molecule has 0 spiro atoms. The highest BCUT2D eigenvalue weighted by Gasteiger charge is 2.15. The smallest absolute Gasteiger partial charge is 0.311 e. The van der Waals surface area contributed by atoms with E-state index in [1.165, 1.54) is 6.07 Å². The van der Waals surface area contributed by atoms with Gasteiger partial charge < -0.3 is 14.8 Å². The quantitative estimate of drug-likeness (QED) is 0.427. The molecule has 0 aromatic heterocycles. The lowest BCUT2D eigenvalue weighted by molar-refractivity contribution is -0.386. The van der Waals surface area contributed by atoms with Gasteiger partial charge in [-0.05, 0) is 24.6 Å². The second kappa shape index (κ2) is 8.50. The molecular weight excluding hydrogens is 260 g/mol. The van der Waals surface area contributed by atoms with E-state index in [2.05, 4.69) is 19.2 Å². The predicted octanol–water partition coefficient (Wildman–Crippen LogP) is 2.37. The maximum atomic E-state index is 11.0. The van der Waals surface area contributed by atoms with E-state index in [0.717, 1.165) is 5.56 Å². The van der Waals surface area contributed by atoms with Gasteiger partial charge in [0.25, 0.3) is 0 Å². The Morgan fingerprint density at radius 3 is 2.70 bits per heavy atom. The lowest BCUT2D eigenvalue weighted by Gasteiger charge is -2.10. The van der Waals surface area contributed by atoms with E-state index in [1.54, 1.807) is 13.1 Å². The summed E-state index contributed by atoms with van der Waals surface area (Å²) in [4.78, 5) is 10.6. The van der Waals surface area contributed by atoms with Gasteiger partial charge in [-0.25, -0.2) is 0 Å². The second-order valence-corrected chi connectivity index (χ2v) is 4.91. The minimum atomic E-state index is -0.427. The van der Waals surface area contributed by atoms with Crippen LogP contribution >= 0.6 is 0 Å². The highest BCUT2D eigenvalue weighted by Crippen LogP contribution is 2.27. The molecule has 1 N–H and O–H groups in total. The topological polar surface area (TPSA) is 73.6 Å². The molecule has 0 aliphatic carbocycles. The SMILES string of the molecule is CNCc1ccc(OCCOCC(C)C)c([N+](=O)[O-])c1. The number of nitro benzene ring substituents is 1. The fraction of sp³-hybridized carbons (Fsp3) is 0.571. The molecule has 0 bridgehead atoms. The van der Waals surface area contributed by atoms with Crippen molar-refractivity contribution in [1.82, 2.24) is 5.32 Å². The third-order valence-corrected chi connectivity index (χ3v) is 2.54. The van der Waals surface area contributed by atoms with Gasteiger partial charge in [0.1, 0.15) is 6.61 Å². The average molecular weight is 282 g/mol. The molecule has 0 saturated carbocycles. The van der Waals surface area contributed by atoms with Gasteiger partial charge in [0.15, 0.2) is 5.75 Å². The highest BCUT2D eigenvalue weighted by atomic mass is 16.6. The van der Waals surface area contributed by atoms with Gasteiger partial charge in [-0.2, -0.15) is 0 Å². The minimum absolute atomic E-state index is 0.0124. The Balaban J connectivity index is 2.58. The zero-order chi connectivity index (χ0) is 15.0. The number of hydrogen-bond acceptors (Lipinski definition) is 5. The molecule has 0 heterocycles. The molecule has 6 nitrogen and oxygen atoms in total. The zero-order valence-corrected chi connectivity index (χ0v) is 12.2. The van der Waals surface area contributed by atoms with Crippen molar-refractivity contribution in [1.29, 1.82) is 0 Å². The summed E-state index contributed by atoms with van der Waals surface area (Å²) < 4.78 is 10.8. The van der Waals surface area contributed by atoms with Crippen molar-refractivity contribution in [2.45, 2.75) is 20.4 Å². The monoisotopic (exact) mass is 282 g/mol. The number of nitro groups is 1. The molecule has 0 saturated heterocycles. The van der Waals surface area contributed by atoms with Gasteiger partial charge in [0.2, 0.25) is 0 Å². The molecule has 0 atom stereocenters. The van der Waals surface area contributed by atoms with Crippen LogP contribution in [-0.4, -0.2) is 31.8 Å². The van der Waals surface area contributed by atoms with E-state index in [1.807, 2.05) is 6.07 Å². The molecule has 0 fully saturated rings. The van der Waals surface area contributed by atoms with Crippen LogP contribution in [-0.2, 0) is 11.3 Å². The van der Waals surface area contributed by atoms with E-state index >= 15 is 0 Å². The van der Waals surface area contributed by atoms with Crippen LogP contribution in [0.5, 0.6) is 5.75 Å². The Labute approximate surface area is 119 Å². The molecule has 1 aromatic carbocycles. The predicted molar refractivity (Wildman–Crippen MR) is 77.0 cm³/mol. The number of rotatable bonds is 9. The lowest BCUT2D eigenvalue weighted by atomic mass is 10.2. The van der Waals surface area contributed by atoms with Crippen LogP contribution in [0.2, 0.25) is 0 Å². The summed E-state index contributed by atoms with van der Waals surface area (Å²) in [6.45, 7) is 6.09. The van der Waals surface area contributed by atoms with E-state index in [-0.39, 0.29) is 11.4 Å². The second-order valence-electron chi connectivity index (χ2n) is 4.91. The first-order valence-corrected chi connectivity index (χ1v) is 6.67. The maximum absolute atomic E-state index is 11.0. The third kappa shape index (κ3) is 5.54. The largest absolute Gasteiger partial charge is 0.484 e. The van der Waals surface area contributed by atoms with Gasteiger partial charge in [-0.1, -0.05) is 19.9 Å². The van der Waals surface area contributed by atoms with Gasteiger partial charge in [0.05, 0.1) is 11.5 Å². The Morgan fingerprint density at radius 1 is 1.35 bits per heavy atom. The van der Waals surface area contributed by atoms with E-state index in [0.29, 0.717) is 32.3 Å². The Bertz CT molecular complexity index is 435. The molecule has 0 aliphatic rings. The first-order chi connectivity index (χ1) is 9.54. The molecule has 1 aromatic rings. The average Bonchev–Trinajstić information content (AvgIpc) is 2.39. The number of ether oxygens (including phenoxy) is 2. The first kappa shape index (κ1) is 16.4. The molecule has 1 rings (SSSR count). The van der Waals surface area contributed by atoms with Crippen LogP contribution in [0.15, 0.2) is 18.2 Å². The van der Waals surface area contributed by atoms with Crippen molar-refractivity contribution in [2.24, 2.45) is 5.92 Å². The van der Waals surface area contributed by atoms with Crippen molar-refractivity contribution in [3.8, 4) is 5.75 Å². The Morgan fingerprint density at radius 2 is 2.10 bits per heavy atom. The van der Waals surface area contributed by atoms with Crippen LogP contribution < -0.4 is 10.1 Å². The first-order valence-electron chi connectivity index (χ1n) is 6.67. The normalized spacial score (nSPS) is 10.8. The lowest BCUT2D eigenvalue weighted by Crippen LogP contribution is -2.11. The zero-order valence-electron chi connectivity index (χ0n) is 12.2. The molecule has 0 unspecified atom stereocenters. The van der Waals surface area contributed by atoms with Crippen LogP contribution in [0.4, 0.5) is 5.69 Å². The fourth-order valence-electron chi connectivity index (χ4n) is 1.67. The van der Waals surface area contributed by atoms with E-state index in [9.17, 15) is 10.1 Å². The molecule has 0 radical (unpaired) electrons. The van der Waals surface area contributed by atoms with Crippen molar-refractivity contribution in [2.75, 3.05) is 26.9 Å². The Hall–Kier alpha value is -1.66. The fourth-order valence-corrected chi connectivity index (χ4v) is 1.67. The molecule has 112 valence electrons. The van der Waals surface area contributed by atoms with Crippen molar-refractivity contribution >= 4 is 5.69 Å². The summed E-state index contributed by atoms with van der Waals surface area (Å²) in [6, 6.07) is 4.97.